The highest BCUT2D eigenvalue weighted by Crippen LogP contribution is 2.33. The number of aryl methyl sites for hydroxylation is 1. The van der Waals surface area contributed by atoms with Gasteiger partial charge in [-0.05, 0) is 49.4 Å². The molecule has 0 radical (unpaired) electrons. The summed E-state index contributed by atoms with van der Waals surface area (Å²) < 4.78 is 15.6. The molecule has 1 saturated heterocycles. The minimum atomic E-state index is -0.468. The molecule has 5 rings (SSSR count). The molecular formula is C25H23FN4O2. The number of rotatable bonds is 3. The van der Waals surface area contributed by atoms with Gasteiger partial charge in [0, 0.05) is 41.9 Å². The molecular weight excluding hydrogens is 407 g/mol. The van der Waals surface area contributed by atoms with Crippen molar-refractivity contribution in [2.24, 2.45) is 0 Å². The predicted octanol–water partition coefficient (Wildman–Crippen LogP) is 4.18. The quantitative estimate of drug-likeness (QED) is 0.530. The van der Waals surface area contributed by atoms with Gasteiger partial charge in [-0.3, -0.25) is 9.59 Å². The number of para-hydroxylation sites is 2. The first-order valence-electron chi connectivity index (χ1n) is 10.7. The molecule has 6 nitrogen and oxygen atoms in total. The van der Waals surface area contributed by atoms with Crippen molar-refractivity contribution in [3.63, 3.8) is 0 Å². The molecule has 0 bridgehead atoms. The van der Waals surface area contributed by atoms with Gasteiger partial charge in [-0.25, -0.2) is 9.07 Å². The Kier molecular flexibility index (Phi) is 5.09. The van der Waals surface area contributed by atoms with E-state index in [2.05, 4.69) is 28.4 Å². The lowest BCUT2D eigenvalue weighted by atomic mass is 9.89. The van der Waals surface area contributed by atoms with Gasteiger partial charge in [0.05, 0.1) is 0 Å². The first-order chi connectivity index (χ1) is 15.5. The summed E-state index contributed by atoms with van der Waals surface area (Å²) >= 11 is 0. The van der Waals surface area contributed by atoms with Gasteiger partial charge >= 0.3 is 0 Å². The maximum Gasteiger partial charge on any atom is 0.278 e. The summed E-state index contributed by atoms with van der Waals surface area (Å²) in [7, 11) is 0. The second-order valence-electron chi connectivity index (χ2n) is 8.22. The Morgan fingerprint density at radius 2 is 1.81 bits per heavy atom. The molecule has 2 aromatic heterocycles. The van der Waals surface area contributed by atoms with Crippen molar-refractivity contribution in [2.75, 3.05) is 13.1 Å². The van der Waals surface area contributed by atoms with Gasteiger partial charge in [-0.2, -0.15) is 5.10 Å². The number of nitrogens with zero attached hydrogens (tertiary/aromatic N) is 3. The zero-order valence-electron chi connectivity index (χ0n) is 17.7. The van der Waals surface area contributed by atoms with Crippen LogP contribution >= 0.6 is 0 Å². The average molecular weight is 430 g/mol. The number of carbonyl (C=O) groups excluding carboxylic acids is 1. The van der Waals surface area contributed by atoms with Crippen LogP contribution in [0.5, 0.6) is 0 Å². The fourth-order valence-electron chi connectivity index (χ4n) is 4.54. The Bertz CT molecular complexity index is 1370. The number of likely N-dealkylation sites (tertiary alicyclic amines) is 1. The lowest BCUT2D eigenvalue weighted by Gasteiger charge is -2.31. The van der Waals surface area contributed by atoms with Gasteiger partial charge in [0.1, 0.15) is 11.5 Å². The van der Waals surface area contributed by atoms with Gasteiger partial charge in [-0.1, -0.05) is 30.3 Å². The van der Waals surface area contributed by atoms with Gasteiger partial charge in [0.25, 0.3) is 5.91 Å². The number of piperidine rings is 1. The van der Waals surface area contributed by atoms with Gasteiger partial charge in [0.15, 0.2) is 5.69 Å². The van der Waals surface area contributed by atoms with Crippen molar-refractivity contribution in [2.45, 2.75) is 25.7 Å². The van der Waals surface area contributed by atoms with Gasteiger partial charge < -0.3 is 9.88 Å². The number of aromatic amines is 1. The minimum Gasteiger partial charge on any atom is -0.361 e. The molecule has 3 heterocycles. The number of H-pyrrole nitrogens is 1. The van der Waals surface area contributed by atoms with E-state index in [1.165, 1.54) is 27.8 Å². The molecule has 0 atom stereocenters. The summed E-state index contributed by atoms with van der Waals surface area (Å²) in [5.41, 5.74) is 2.43. The van der Waals surface area contributed by atoms with E-state index in [1.54, 1.807) is 30.0 Å². The largest absolute Gasteiger partial charge is 0.361 e. The van der Waals surface area contributed by atoms with Crippen LogP contribution in [0, 0.1) is 12.7 Å². The Morgan fingerprint density at radius 3 is 2.59 bits per heavy atom. The molecule has 1 fully saturated rings. The van der Waals surface area contributed by atoms with E-state index >= 15 is 0 Å². The van der Waals surface area contributed by atoms with Crippen LogP contribution in [0.2, 0.25) is 0 Å². The van der Waals surface area contributed by atoms with E-state index < -0.39 is 17.2 Å². The van der Waals surface area contributed by atoms with Crippen LogP contribution in [0.25, 0.3) is 16.6 Å². The van der Waals surface area contributed by atoms with E-state index in [-0.39, 0.29) is 11.4 Å². The molecule has 0 saturated carbocycles. The van der Waals surface area contributed by atoms with E-state index in [0.29, 0.717) is 24.7 Å². The molecule has 162 valence electrons. The second kappa shape index (κ2) is 8.07. The van der Waals surface area contributed by atoms with Crippen molar-refractivity contribution >= 4 is 16.8 Å². The molecule has 1 aliphatic heterocycles. The van der Waals surface area contributed by atoms with Crippen LogP contribution < -0.4 is 5.43 Å². The highest BCUT2D eigenvalue weighted by molar-refractivity contribution is 5.92. The predicted molar refractivity (Wildman–Crippen MR) is 121 cm³/mol. The van der Waals surface area contributed by atoms with Crippen molar-refractivity contribution in [3.05, 3.63) is 93.8 Å². The molecule has 4 aromatic rings. The summed E-state index contributed by atoms with van der Waals surface area (Å²) in [4.78, 5) is 30.7. The fourth-order valence-corrected chi connectivity index (χ4v) is 4.54. The molecule has 2 aromatic carbocycles. The molecule has 32 heavy (non-hydrogen) atoms. The van der Waals surface area contributed by atoms with Crippen molar-refractivity contribution in [1.29, 1.82) is 0 Å². The topological polar surface area (TPSA) is 71.0 Å². The van der Waals surface area contributed by atoms with Crippen molar-refractivity contribution in [1.82, 2.24) is 19.7 Å². The SMILES string of the molecule is Cc1cc(=O)c(C(=O)N2CCC(c3c[nH]c4ccccc34)CC2)nn1-c1ccccc1F. The Balaban J connectivity index is 1.38. The van der Waals surface area contributed by atoms with Gasteiger partial charge in [-0.15, -0.1) is 0 Å². The number of carbonyl (C=O) groups is 1. The van der Waals surface area contributed by atoms with E-state index in [0.717, 1.165) is 18.4 Å². The normalized spacial score (nSPS) is 14.8. The van der Waals surface area contributed by atoms with Gasteiger partial charge in [0.2, 0.25) is 5.43 Å². The number of amides is 1. The van der Waals surface area contributed by atoms with Crippen LogP contribution in [0.15, 0.2) is 65.6 Å². The molecule has 0 unspecified atom stereocenters. The zero-order valence-corrected chi connectivity index (χ0v) is 17.7. The smallest absolute Gasteiger partial charge is 0.278 e. The molecule has 0 aliphatic carbocycles. The molecule has 0 spiro atoms. The Hall–Kier alpha value is -3.74. The number of fused-ring (bicyclic) bond motifs is 1. The lowest BCUT2D eigenvalue weighted by Crippen LogP contribution is -2.41. The number of hydrogen-bond acceptors (Lipinski definition) is 3. The molecule has 1 aliphatic rings. The maximum atomic E-state index is 14.3. The van der Waals surface area contributed by atoms with Crippen LogP contribution in [-0.2, 0) is 0 Å². The number of nitrogens with one attached hydrogen (secondary N) is 1. The standard InChI is InChI=1S/C25H23FN4O2/c1-16-14-23(31)24(28-30(16)22-9-5-3-7-20(22)26)25(32)29-12-10-17(11-13-29)19-15-27-21-8-4-2-6-18(19)21/h2-9,14-15,17,27H,10-13H2,1H3. The van der Waals surface area contributed by atoms with Crippen molar-refractivity contribution < 1.29 is 9.18 Å². The Morgan fingerprint density at radius 1 is 1.09 bits per heavy atom. The second-order valence-corrected chi connectivity index (χ2v) is 8.22. The summed E-state index contributed by atoms with van der Waals surface area (Å²) in [5, 5.41) is 5.47. The minimum absolute atomic E-state index is 0.176. The maximum absolute atomic E-state index is 14.3. The summed E-state index contributed by atoms with van der Waals surface area (Å²) in [5.74, 6) is -0.529. The third-order valence-corrected chi connectivity index (χ3v) is 6.23. The molecule has 7 heteroatoms. The fraction of sp³-hybridized carbons (Fsp3) is 0.240. The average Bonchev–Trinajstić information content (AvgIpc) is 3.24. The number of benzene rings is 2. The van der Waals surface area contributed by atoms with E-state index in [9.17, 15) is 14.0 Å². The molecule has 1 amide bonds. The lowest BCUT2D eigenvalue weighted by molar-refractivity contribution is 0.0703. The van der Waals surface area contributed by atoms with Crippen LogP contribution in [0.4, 0.5) is 4.39 Å². The Labute approximate surface area is 184 Å². The van der Waals surface area contributed by atoms with Crippen LogP contribution in [0.3, 0.4) is 0 Å². The first-order valence-corrected chi connectivity index (χ1v) is 10.7. The zero-order chi connectivity index (χ0) is 22.2. The summed E-state index contributed by atoms with van der Waals surface area (Å²) in [6.45, 7) is 2.75. The molecule has 1 N–H and O–H groups in total. The first kappa shape index (κ1) is 20.2. The summed E-state index contributed by atoms with van der Waals surface area (Å²) in [6, 6.07) is 15.7. The van der Waals surface area contributed by atoms with Crippen LogP contribution in [0.1, 0.15) is 40.5 Å². The van der Waals surface area contributed by atoms with Crippen molar-refractivity contribution in [3.8, 4) is 5.69 Å². The van der Waals surface area contributed by atoms with E-state index in [4.69, 9.17) is 0 Å². The number of hydrogen-bond donors (Lipinski definition) is 1. The third kappa shape index (κ3) is 3.49. The summed E-state index contributed by atoms with van der Waals surface area (Å²) in [6.07, 6.45) is 3.67. The van der Waals surface area contributed by atoms with Crippen LogP contribution in [-0.4, -0.2) is 38.7 Å². The highest BCUT2D eigenvalue weighted by atomic mass is 19.1. The number of aromatic nitrogens is 3. The highest BCUT2D eigenvalue weighted by Gasteiger charge is 2.28. The number of halogens is 1. The third-order valence-electron chi connectivity index (χ3n) is 6.23. The monoisotopic (exact) mass is 430 g/mol. The van der Waals surface area contributed by atoms with E-state index in [1.807, 2.05) is 12.1 Å².